The van der Waals surface area contributed by atoms with E-state index in [0.29, 0.717) is 0 Å². The maximum Gasteiger partial charge on any atom is 0.223 e. The van der Waals surface area contributed by atoms with E-state index in [4.69, 9.17) is 5.73 Å². The summed E-state index contributed by atoms with van der Waals surface area (Å²) in [4.78, 5) is 11.8. The van der Waals surface area contributed by atoms with E-state index in [1.165, 1.54) is 0 Å². The predicted octanol–water partition coefficient (Wildman–Crippen LogP) is 0.389. The number of nitrogens with one attached hydrogen (secondary N) is 1. The van der Waals surface area contributed by atoms with E-state index >= 15 is 0 Å². The molecule has 0 radical (unpaired) electrons. The molecule has 1 aliphatic carbocycles. The molecule has 4 heteroatoms. The zero-order valence-corrected chi connectivity index (χ0v) is 9.79. The van der Waals surface area contributed by atoms with Crippen LogP contribution in [0.5, 0.6) is 0 Å². The van der Waals surface area contributed by atoms with Gasteiger partial charge in [0, 0.05) is 12.0 Å². The van der Waals surface area contributed by atoms with E-state index < -0.39 is 11.6 Å². The minimum absolute atomic E-state index is 0.0221. The molecule has 0 aromatic heterocycles. The first-order valence-corrected chi connectivity index (χ1v) is 5.58. The Hall–Kier alpha value is -0.610. The summed E-state index contributed by atoms with van der Waals surface area (Å²) in [6.45, 7) is 5.33. The molecular weight excluding hydrogens is 192 g/mol. The topological polar surface area (TPSA) is 75.3 Å². The highest BCUT2D eigenvalue weighted by Crippen LogP contribution is 2.25. The van der Waals surface area contributed by atoms with Crippen LogP contribution in [0.3, 0.4) is 0 Å². The van der Waals surface area contributed by atoms with Gasteiger partial charge in [-0.3, -0.25) is 4.79 Å². The van der Waals surface area contributed by atoms with Gasteiger partial charge in [0.05, 0.1) is 11.6 Å². The Kier molecular flexibility index (Phi) is 3.73. The second-order valence-electron chi connectivity index (χ2n) is 5.16. The number of aliphatic hydroxyl groups excluding tert-OH is 1. The molecular formula is C11H22N2O2. The largest absolute Gasteiger partial charge is 0.391 e. The Morgan fingerprint density at radius 3 is 2.53 bits per heavy atom. The van der Waals surface area contributed by atoms with Crippen LogP contribution in [0.15, 0.2) is 0 Å². The third kappa shape index (κ3) is 3.18. The monoisotopic (exact) mass is 214 g/mol. The second kappa shape index (κ2) is 4.49. The second-order valence-corrected chi connectivity index (χ2v) is 5.16. The molecule has 0 aromatic rings. The summed E-state index contributed by atoms with van der Waals surface area (Å²) < 4.78 is 0. The molecule has 0 aliphatic heterocycles. The van der Waals surface area contributed by atoms with Crippen molar-refractivity contribution in [2.24, 2.45) is 11.7 Å². The molecule has 1 amide bonds. The first kappa shape index (κ1) is 12.5. The molecule has 88 valence electrons. The summed E-state index contributed by atoms with van der Waals surface area (Å²) in [7, 11) is 0. The van der Waals surface area contributed by atoms with E-state index in [9.17, 15) is 9.90 Å². The molecule has 0 bridgehead atoms. The maximum atomic E-state index is 11.8. The van der Waals surface area contributed by atoms with Crippen LogP contribution in [0.2, 0.25) is 0 Å². The van der Waals surface area contributed by atoms with Crippen molar-refractivity contribution in [3.05, 3.63) is 0 Å². The standard InChI is InChI=1S/C11H22N2O2/c1-7(14)11(2,3)13-10(15)8-4-5-9(12)6-8/h7-9,14H,4-6,12H2,1-3H3,(H,13,15). The summed E-state index contributed by atoms with van der Waals surface area (Å²) in [5.74, 6) is 0.0480. The molecule has 1 aliphatic rings. The predicted molar refractivity (Wildman–Crippen MR) is 59.2 cm³/mol. The first-order chi connectivity index (χ1) is 6.83. The van der Waals surface area contributed by atoms with Crippen molar-refractivity contribution in [3.63, 3.8) is 0 Å². The average molecular weight is 214 g/mol. The number of carbonyl (C=O) groups is 1. The minimum atomic E-state index is -0.566. The number of rotatable bonds is 3. The summed E-state index contributed by atoms with van der Waals surface area (Å²) in [6.07, 6.45) is 1.99. The molecule has 1 rings (SSSR count). The number of carbonyl (C=O) groups excluding carboxylic acids is 1. The Morgan fingerprint density at radius 1 is 1.53 bits per heavy atom. The Labute approximate surface area is 91.2 Å². The van der Waals surface area contributed by atoms with E-state index in [-0.39, 0.29) is 17.9 Å². The summed E-state index contributed by atoms with van der Waals surface area (Å²) in [5.41, 5.74) is 5.19. The quantitative estimate of drug-likeness (QED) is 0.636. The van der Waals surface area contributed by atoms with Gasteiger partial charge in [0.15, 0.2) is 0 Å². The number of hydrogen-bond donors (Lipinski definition) is 3. The smallest absolute Gasteiger partial charge is 0.223 e. The van der Waals surface area contributed by atoms with Crippen LogP contribution in [-0.2, 0) is 4.79 Å². The van der Waals surface area contributed by atoms with Crippen molar-refractivity contribution >= 4 is 5.91 Å². The van der Waals surface area contributed by atoms with Crippen LogP contribution in [0, 0.1) is 5.92 Å². The number of amides is 1. The van der Waals surface area contributed by atoms with Crippen molar-refractivity contribution in [3.8, 4) is 0 Å². The molecule has 0 saturated heterocycles. The molecule has 0 heterocycles. The molecule has 0 spiro atoms. The van der Waals surface area contributed by atoms with Crippen molar-refractivity contribution in [2.45, 2.75) is 57.7 Å². The highest BCUT2D eigenvalue weighted by molar-refractivity contribution is 5.79. The lowest BCUT2D eigenvalue weighted by Crippen LogP contribution is -2.52. The molecule has 3 unspecified atom stereocenters. The van der Waals surface area contributed by atoms with Gasteiger partial charge in [0.1, 0.15) is 0 Å². The van der Waals surface area contributed by atoms with Crippen LogP contribution in [0.1, 0.15) is 40.0 Å². The maximum absolute atomic E-state index is 11.8. The molecule has 15 heavy (non-hydrogen) atoms. The van der Waals surface area contributed by atoms with Crippen molar-refractivity contribution in [1.82, 2.24) is 5.32 Å². The lowest BCUT2D eigenvalue weighted by atomic mass is 9.96. The van der Waals surface area contributed by atoms with Gasteiger partial charge in [-0.25, -0.2) is 0 Å². The molecule has 1 saturated carbocycles. The Morgan fingerprint density at radius 2 is 2.13 bits per heavy atom. The fourth-order valence-corrected chi connectivity index (χ4v) is 1.78. The fraction of sp³-hybridized carbons (Fsp3) is 0.909. The minimum Gasteiger partial charge on any atom is -0.391 e. The van der Waals surface area contributed by atoms with Crippen molar-refractivity contribution in [1.29, 1.82) is 0 Å². The van der Waals surface area contributed by atoms with Gasteiger partial charge in [-0.05, 0) is 40.0 Å². The lowest BCUT2D eigenvalue weighted by Gasteiger charge is -2.30. The van der Waals surface area contributed by atoms with Gasteiger partial charge in [-0.1, -0.05) is 0 Å². The number of hydrogen-bond acceptors (Lipinski definition) is 3. The van der Waals surface area contributed by atoms with Crippen LogP contribution in [-0.4, -0.2) is 28.7 Å². The molecule has 4 N–H and O–H groups in total. The molecule has 1 fully saturated rings. The summed E-state index contributed by atoms with van der Waals surface area (Å²) in [5, 5.41) is 12.4. The first-order valence-electron chi connectivity index (χ1n) is 5.58. The third-order valence-corrected chi connectivity index (χ3v) is 3.33. The van der Waals surface area contributed by atoms with Crippen LogP contribution < -0.4 is 11.1 Å². The van der Waals surface area contributed by atoms with E-state index in [1.54, 1.807) is 6.92 Å². The SMILES string of the molecule is CC(O)C(C)(C)NC(=O)C1CCC(N)C1. The van der Waals surface area contributed by atoms with E-state index in [1.807, 2.05) is 13.8 Å². The van der Waals surface area contributed by atoms with Crippen molar-refractivity contribution < 1.29 is 9.90 Å². The van der Waals surface area contributed by atoms with Crippen LogP contribution >= 0.6 is 0 Å². The fourth-order valence-electron chi connectivity index (χ4n) is 1.78. The molecule has 0 aromatic carbocycles. The summed E-state index contributed by atoms with van der Waals surface area (Å²) >= 11 is 0. The number of aliphatic hydroxyl groups is 1. The highest BCUT2D eigenvalue weighted by atomic mass is 16.3. The van der Waals surface area contributed by atoms with Gasteiger partial charge >= 0.3 is 0 Å². The zero-order valence-electron chi connectivity index (χ0n) is 9.79. The van der Waals surface area contributed by atoms with Gasteiger partial charge in [0.25, 0.3) is 0 Å². The molecule has 3 atom stereocenters. The Balaban J connectivity index is 2.49. The lowest BCUT2D eigenvalue weighted by molar-refractivity contribution is -0.127. The van der Waals surface area contributed by atoms with E-state index in [0.717, 1.165) is 19.3 Å². The van der Waals surface area contributed by atoms with Gasteiger partial charge < -0.3 is 16.2 Å². The zero-order chi connectivity index (χ0) is 11.6. The highest BCUT2D eigenvalue weighted by Gasteiger charge is 2.32. The number of nitrogens with two attached hydrogens (primary N) is 1. The average Bonchev–Trinajstić information content (AvgIpc) is 2.50. The third-order valence-electron chi connectivity index (χ3n) is 3.33. The van der Waals surface area contributed by atoms with Crippen LogP contribution in [0.25, 0.3) is 0 Å². The molecule has 4 nitrogen and oxygen atoms in total. The van der Waals surface area contributed by atoms with Gasteiger partial charge in [-0.15, -0.1) is 0 Å². The van der Waals surface area contributed by atoms with E-state index in [2.05, 4.69) is 5.32 Å². The van der Waals surface area contributed by atoms with Crippen molar-refractivity contribution in [2.75, 3.05) is 0 Å². The summed E-state index contributed by atoms with van der Waals surface area (Å²) in [6, 6.07) is 0.162. The normalized spacial score (nSPS) is 28.9. The van der Waals surface area contributed by atoms with Gasteiger partial charge in [0.2, 0.25) is 5.91 Å². The Bertz CT molecular complexity index is 239. The van der Waals surface area contributed by atoms with Crippen LogP contribution in [0.4, 0.5) is 0 Å². The van der Waals surface area contributed by atoms with Gasteiger partial charge in [-0.2, -0.15) is 0 Å².